The van der Waals surface area contributed by atoms with E-state index in [0.717, 1.165) is 24.0 Å². The molecule has 0 aliphatic rings. The Bertz CT molecular complexity index is 582. The fourth-order valence-corrected chi connectivity index (χ4v) is 3.44. The number of hydrogen-bond donors (Lipinski definition) is 0. The Morgan fingerprint density at radius 2 is 1.27 bits per heavy atom. The van der Waals surface area contributed by atoms with Crippen LogP contribution in [0.1, 0.15) is 108 Å². The molecule has 0 saturated heterocycles. The first kappa shape index (κ1) is 26.2. The first-order valence-corrected chi connectivity index (χ1v) is 12.0. The van der Waals surface area contributed by atoms with E-state index >= 15 is 0 Å². The van der Waals surface area contributed by atoms with Gasteiger partial charge in [0.2, 0.25) is 0 Å². The Kier molecular flexibility index (Phi) is 15.7. The molecular weight excluding hydrogens is 376 g/mol. The molecule has 0 heterocycles. The van der Waals surface area contributed by atoms with E-state index in [0.29, 0.717) is 6.61 Å². The summed E-state index contributed by atoms with van der Waals surface area (Å²) in [5.41, 5.74) is 2.09. The van der Waals surface area contributed by atoms with E-state index in [4.69, 9.17) is 9.47 Å². The molecule has 4 nitrogen and oxygen atoms in total. The molecule has 30 heavy (non-hydrogen) atoms. The maximum atomic E-state index is 11.8. The molecule has 0 aliphatic carbocycles. The summed E-state index contributed by atoms with van der Waals surface area (Å²) in [6.45, 7) is 4.95. The zero-order valence-electron chi connectivity index (χ0n) is 19.3. The number of benzene rings is 1. The average molecular weight is 419 g/mol. The third-order valence-electron chi connectivity index (χ3n) is 5.28. The van der Waals surface area contributed by atoms with Gasteiger partial charge in [0, 0.05) is 0 Å². The van der Waals surface area contributed by atoms with Gasteiger partial charge < -0.3 is 9.47 Å². The van der Waals surface area contributed by atoms with Crippen molar-refractivity contribution < 1.29 is 19.1 Å². The van der Waals surface area contributed by atoms with E-state index in [9.17, 15) is 9.59 Å². The van der Waals surface area contributed by atoms with Gasteiger partial charge in [-0.1, -0.05) is 107 Å². The van der Waals surface area contributed by atoms with Crippen LogP contribution in [-0.2, 0) is 25.7 Å². The monoisotopic (exact) mass is 418 g/mol. The Labute approximate surface area is 183 Å². The fraction of sp³-hybridized carbons (Fsp3) is 0.692. The van der Waals surface area contributed by atoms with E-state index in [1.807, 2.05) is 31.2 Å². The number of aryl methyl sites for hydroxylation is 1. The lowest BCUT2D eigenvalue weighted by molar-refractivity contribution is -0.151. The van der Waals surface area contributed by atoms with Crippen molar-refractivity contribution in [3.05, 3.63) is 35.4 Å². The van der Waals surface area contributed by atoms with Crippen LogP contribution in [0.4, 0.5) is 0 Å². The van der Waals surface area contributed by atoms with Crippen molar-refractivity contribution in [2.45, 2.75) is 110 Å². The second-order valence-corrected chi connectivity index (χ2v) is 8.26. The van der Waals surface area contributed by atoms with Crippen LogP contribution < -0.4 is 0 Å². The van der Waals surface area contributed by atoms with Crippen LogP contribution in [0.2, 0.25) is 0 Å². The second kappa shape index (κ2) is 18.0. The highest BCUT2D eigenvalue weighted by Crippen LogP contribution is 2.12. The molecule has 1 rings (SSSR count). The summed E-state index contributed by atoms with van der Waals surface area (Å²) in [4.78, 5) is 23.5. The summed E-state index contributed by atoms with van der Waals surface area (Å²) < 4.78 is 10.4. The number of unbranched alkanes of at least 4 members (excludes halogenated alkanes) is 11. The quantitative estimate of drug-likeness (QED) is 0.189. The molecule has 0 aromatic heterocycles. The molecule has 0 saturated carbocycles. The molecule has 1 aromatic rings. The summed E-state index contributed by atoms with van der Waals surface area (Å²) in [7, 11) is 0. The molecule has 0 radical (unpaired) electrons. The lowest BCUT2D eigenvalue weighted by Crippen LogP contribution is -2.11. The Balaban J connectivity index is 1.88. The van der Waals surface area contributed by atoms with Gasteiger partial charge in [-0.3, -0.25) is 9.59 Å². The highest BCUT2D eigenvalue weighted by Gasteiger charge is 2.09. The van der Waals surface area contributed by atoms with Crippen molar-refractivity contribution in [3.63, 3.8) is 0 Å². The Hall–Kier alpha value is -1.84. The molecule has 0 bridgehead atoms. The first-order valence-electron chi connectivity index (χ1n) is 12.0. The van der Waals surface area contributed by atoms with Crippen molar-refractivity contribution in [3.8, 4) is 0 Å². The predicted molar refractivity (Wildman–Crippen MR) is 122 cm³/mol. The van der Waals surface area contributed by atoms with Crippen LogP contribution in [0.15, 0.2) is 24.3 Å². The Morgan fingerprint density at radius 3 is 1.83 bits per heavy atom. The van der Waals surface area contributed by atoms with E-state index in [2.05, 4.69) is 6.92 Å². The van der Waals surface area contributed by atoms with Crippen LogP contribution >= 0.6 is 0 Å². The molecule has 170 valence electrons. The molecule has 0 aliphatic heterocycles. The topological polar surface area (TPSA) is 52.6 Å². The summed E-state index contributed by atoms with van der Waals surface area (Å²) in [5.74, 6) is -0.676. The van der Waals surface area contributed by atoms with Gasteiger partial charge in [-0.25, -0.2) is 0 Å². The van der Waals surface area contributed by atoms with E-state index in [-0.39, 0.29) is 31.4 Å². The van der Waals surface area contributed by atoms with Gasteiger partial charge in [0.1, 0.15) is 6.61 Å². The smallest absolute Gasteiger partial charge is 0.306 e. The zero-order valence-corrected chi connectivity index (χ0v) is 19.3. The number of carbonyl (C=O) groups excluding carboxylic acids is 2. The molecule has 0 amide bonds. The highest BCUT2D eigenvalue weighted by molar-refractivity contribution is 5.77. The largest absolute Gasteiger partial charge is 0.466 e. The molecule has 0 N–H and O–H groups in total. The minimum Gasteiger partial charge on any atom is -0.466 e. The summed E-state index contributed by atoms with van der Waals surface area (Å²) in [5, 5.41) is 0. The first-order chi connectivity index (χ1) is 14.6. The van der Waals surface area contributed by atoms with Gasteiger partial charge in [0.05, 0.1) is 19.4 Å². The molecule has 0 atom stereocenters. The normalized spacial score (nSPS) is 10.7. The fourth-order valence-electron chi connectivity index (χ4n) is 3.44. The molecule has 0 spiro atoms. The summed E-state index contributed by atoms with van der Waals surface area (Å²) >= 11 is 0. The van der Waals surface area contributed by atoms with Gasteiger partial charge in [-0.2, -0.15) is 0 Å². The lowest BCUT2D eigenvalue weighted by atomic mass is 10.1. The predicted octanol–water partition coefficient (Wildman–Crippen LogP) is 7.06. The zero-order chi connectivity index (χ0) is 21.9. The van der Waals surface area contributed by atoms with Crippen LogP contribution in [-0.4, -0.2) is 18.5 Å². The van der Waals surface area contributed by atoms with Crippen LogP contribution in [0.25, 0.3) is 0 Å². The van der Waals surface area contributed by atoms with Crippen molar-refractivity contribution in [2.24, 2.45) is 0 Å². The number of esters is 2. The molecular formula is C26H42O4. The lowest BCUT2D eigenvalue weighted by Gasteiger charge is -2.07. The van der Waals surface area contributed by atoms with Crippen LogP contribution in [0.5, 0.6) is 0 Å². The Morgan fingerprint density at radius 1 is 0.733 bits per heavy atom. The van der Waals surface area contributed by atoms with Gasteiger partial charge >= 0.3 is 11.9 Å². The van der Waals surface area contributed by atoms with Crippen molar-refractivity contribution >= 4 is 11.9 Å². The number of hydrogen-bond acceptors (Lipinski definition) is 4. The van der Waals surface area contributed by atoms with Gasteiger partial charge in [-0.15, -0.1) is 0 Å². The molecule has 4 heteroatoms. The van der Waals surface area contributed by atoms with E-state index in [1.165, 1.54) is 64.2 Å². The maximum Gasteiger partial charge on any atom is 0.306 e. The molecule has 1 aromatic carbocycles. The van der Waals surface area contributed by atoms with E-state index < -0.39 is 0 Å². The SMILES string of the molecule is CCCCCCCCCCCCCCOC(=O)CCC(=O)OCc1cccc(C)c1. The summed E-state index contributed by atoms with van der Waals surface area (Å²) in [6, 6.07) is 7.84. The number of ether oxygens (including phenoxy) is 2. The van der Waals surface area contributed by atoms with Crippen LogP contribution in [0, 0.1) is 6.92 Å². The van der Waals surface area contributed by atoms with E-state index in [1.54, 1.807) is 0 Å². The minimum atomic E-state index is -0.362. The standard InChI is InChI=1S/C26H42O4/c1-3-4-5-6-7-8-9-10-11-12-13-14-20-29-25(27)18-19-26(28)30-22-24-17-15-16-23(2)21-24/h15-17,21H,3-14,18-20,22H2,1-2H3. The van der Waals surface area contributed by atoms with Gasteiger partial charge in [0.25, 0.3) is 0 Å². The minimum absolute atomic E-state index is 0.0725. The third kappa shape index (κ3) is 15.1. The van der Waals surface area contributed by atoms with Gasteiger partial charge in [0.15, 0.2) is 0 Å². The number of carbonyl (C=O) groups is 2. The second-order valence-electron chi connectivity index (χ2n) is 8.26. The molecule has 0 unspecified atom stereocenters. The third-order valence-corrected chi connectivity index (χ3v) is 5.28. The maximum absolute atomic E-state index is 11.8. The van der Waals surface area contributed by atoms with Crippen molar-refractivity contribution in [1.29, 1.82) is 0 Å². The van der Waals surface area contributed by atoms with Crippen molar-refractivity contribution in [1.82, 2.24) is 0 Å². The summed E-state index contributed by atoms with van der Waals surface area (Å²) in [6.07, 6.45) is 15.5. The highest BCUT2D eigenvalue weighted by atomic mass is 16.5. The van der Waals surface area contributed by atoms with Gasteiger partial charge in [-0.05, 0) is 18.9 Å². The van der Waals surface area contributed by atoms with Crippen LogP contribution in [0.3, 0.4) is 0 Å². The molecule has 0 fully saturated rings. The number of rotatable bonds is 18. The van der Waals surface area contributed by atoms with Crippen molar-refractivity contribution in [2.75, 3.05) is 6.61 Å². The average Bonchev–Trinajstić information content (AvgIpc) is 2.74.